The number of rotatable bonds is 8. The number of carbonyl (C=O) groups is 2. The molecule has 0 saturated carbocycles. The summed E-state index contributed by atoms with van der Waals surface area (Å²) >= 11 is 0. The van der Waals surface area contributed by atoms with Crippen molar-refractivity contribution in [3.8, 4) is 0 Å². The van der Waals surface area contributed by atoms with Crippen molar-refractivity contribution in [2.45, 2.75) is 39.3 Å². The summed E-state index contributed by atoms with van der Waals surface area (Å²) < 4.78 is 10.7. The Hall–Kier alpha value is -3.24. The topological polar surface area (TPSA) is 113 Å². The van der Waals surface area contributed by atoms with Crippen LogP contribution < -0.4 is 10.6 Å². The van der Waals surface area contributed by atoms with Gasteiger partial charge in [-0.2, -0.15) is 4.98 Å². The molecule has 1 unspecified atom stereocenters. The summed E-state index contributed by atoms with van der Waals surface area (Å²) in [7, 11) is 0. The molecule has 1 atom stereocenters. The van der Waals surface area contributed by atoms with Crippen LogP contribution in [0, 0.1) is 0 Å². The zero-order valence-electron chi connectivity index (χ0n) is 19.9. The van der Waals surface area contributed by atoms with Crippen LogP contribution in [-0.4, -0.2) is 71.3 Å². The highest BCUT2D eigenvalue weighted by molar-refractivity contribution is 5.95. The SMILES string of the molecule is CCOC(=O)C1=C(CN2CCN(Cc3nc(C(C)C)no3)CC2)NC(=O)NC1c1ccccc1. The van der Waals surface area contributed by atoms with Gasteiger partial charge in [-0.1, -0.05) is 49.3 Å². The van der Waals surface area contributed by atoms with Gasteiger partial charge in [0.1, 0.15) is 0 Å². The first-order valence-corrected chi connectivity index (χ1v) is 11.7. The number of urea groups is 1. The number of nitrogens with zero attached hydrogens (tertiary/aromatic N) is 4. The highest BCUT2D eigenvalue weighted by atomic mass is 16.5. The van der Waals surface area contributed by atoms with Crippen LogP contribution in [-0.2, 0) is 16.1 Å². The molecule has 10 heteroatoms. The zero-order valence-corrected chi connectivity index (χ0v) is 19.9. The molecule has 2 N–H and O–H groups in total. The van der Waals surface area contributed by atoms with Gasteiger partial charge in [0, 0.05) is 44.3 Å². The van der Waals surface area contributed by atoms with E-state index in [1.807, 2.05) is 44.2 Å². The van der Waals surface area contributed by atoms with Gasteiger partial charge in [0.15, 0.2) is 5.82 Å². The normalized spacial score (nSPS) is 19.8. The fourth-order valence-corrected chi connectivity index (χ4v) is 4.18. The lowest BCUT2D eigenvalue weighted by Crippen LogP contribution is -2.51. The molecule has 10 nitrogen and oxygen atoms in total. The summed E-state index contributed by atoms with van der Waals surface area (Å²) in [5, 5.41) is 9.77. The molecule has 0 bridgehead atoms. The van der Waals surface area contributed by atoms with E-state index in [1.54, 1.807) is 6.92 Å². The molecule has 1 aromatic carbocycles. The predicted molar refractivity (Wildman–Crippen MR) is 125 cm³/mol. The summed E-state index contributed by atoms with van der Waals surface area (Å²) in [4.78, 5) is 34.4. The second-order valence-electron chi connectivity index (χ2n) is 8.81. The third kappa shape index (κ3) is 5.63. The van der Waals surface area contributed by atoms with Crippen molar-refractivity contribution >= 4 is 12.0 Å². The van der Waals surface area contributed by atoms with Crippen LogP contribution in [0.1, 0.15) is 50.0 Å². The molecule has 1 aromatic heterocycles. The molecule has 4 rings (SSSR count). The van der Waals surface area contributed by atoms with E-state index in [9.17, 15) is 9.59 Å². The third-order valence-electron chi connectivity index (χ3n) is 5.99. The molecule has 34 heavy (non-hydrogen) atoms. The second kappa shape index (κ2) is 10.8. The number of hydrogen-bond acceptors (Lipinski definition) is 8. The minimum absolute atomic E-state index is 0.233. The van der Waals surface area contributed by atoms with Gasteiger partial charge in [0.25, 0.3) is 0 Å². The number of aromatic nitrogens is 2. The fourth-order valence-electron chi connectivity index (χ4n) is 4.18. The van der Waals surface area contributed by atoms with Crippen LogP contribution in [0.5, 0.6) is 0 Å². The second-order valence-corrected chi connectivity index (χ2v) is 8.81. The van der Waals surface area contributed by atoms with Crippen molar-refractivity contribution in [2.75, 3.05) is 39.3 Å². The maximum atomic E-state index is 12.9. The summed E-state index contributed by atoms with van der Waals surface area (Å²) in [6, 6.07) is 8.59. The minimum Gasteiger partial charge on any atom is -0.463 e. The number of carbonyl (C=O) groups excluding carboxylic acids is 2. The van der Waals surface area contributed by atoms with Gasteiger partial charge < -0.3 is 19.9 Å². The molecule has 182 valence electrons. The van der Waals surface area contributed by atoms with Crippen LogP contribution in [0.3, 0.4) is 0 Å². The van der Waals surface area contributed by atoms with Crippen molar-refractivity contribution in [3.63, 3.8) is 0 Å². The Labute approximate surface area is 199 Å². The monoisotopic (exact) mass is 468 g/mol. The molecule has 1 saturated heterocycles. The zero-order chi connectivity index (χ0) is 24.1. The van der Waals surface area contributed by atoms with Gasteiger partial charge in [0.2, 0.25) is 5.89 Å². The molecule has 0 radical (unpaired) electrons. The maximum absolute atomic E-state index is 12.9. The van der Waals surface area contributed by atoms with Crippen molar-refractivity contribution < 1.29 is 18.8 Å². The molecule has 1 fully saturated rings. The van der Waals surface area contributed by atoms with E-state index >= 15 is 0 Å². The number of ether oxygens (including phenoxy) is 1. The largest absolute Gasteiger partial charge is 0.463 e. The lowest BCUT2D eigenvalue weighted by Gasteiger charge is -2.36. The lowest BCUT2D eigenvalue weighted by atomic mass is 9.95. The van der Waals surface area contributed by atoms with E-state index < -0.39 is 12.0 Å². The van der Waals surface area contributed by atoms with Gasteiger partial charge in [-0.25, -0.2) is 9.59 Å². The summed E-state index contributed by atoms with van der Waals surface area (Å²) in [6.45, 7) is 10.4. The van der Waals surface area contributed by atoms with Crippen LogP contribution in [0.4, 0.5) is 4.79 Å². The Morgan fingerprint density at radius 1 is 1.15 bits per heavy atom. The highest BCUT2D eigenvalue weighted by Gasteiger charge is 2.34. The smallest absolute Gasteiger partial charge is 0.338 e. The highest BCUT2D eigenvalue weighted by Crippen LogP contribution is 2.28. The Morgan fingerprint density at radius 2 is 1.82 bits per heavy atom. The van der Waals surface area contributed by atoms with E-state index in [-0.39, 0.29) is 18.6 Å². The third-order valence-corrected chi connectivity index (χ3v) is 5.99. The van der Waals surface area contributed by atoms with Crippen molar-refractivity contribution in [2.24, 2.45) is 0 Å². The summed E-state index contributed by atoms with van der Waals surface area (Å²) in [6.07, 6.45) is 0. The van der Waals surface area contributed by atoms with E-state index in [4.69, 9.17) is 9.26 Å². The average molecular weight is 469 g/mol. The number of hydrogen-bond donors (Lipinski definition) is 2. The van der Waals surface area contributed by atoms with Crippen LogP contribution >= 0.6 is 0 Å². The van der Waals surface area contributed by atoms with E-state index in [0.29, 0.717) is 30.3 Å². The molecule has 2 aliphatic heterocycles. The standard InChI is InChI=1S/C24H32N6O4/c1-4-33-23(31)20-18(25-24(32)27-21(20)17-8-6-5-7-9-17)14-29-10-12-30(13-11-29)15-19-26-22(16(2)3)28-34-19/h5-9,16,21H,4,10-15H2,1-3H3,(H2,25,27,32). The van der Waals surface area contributed by atoms with Crippen LogP contribution in [0.15, 0.2) is 46.1 Å². The first kappa shape index (κ1) is 23.9. The molecule has 3 heterocycles. The molecular formula is C24H32N6O4. The van der Waals surface area contributed by atoms with Crippen molar-refractivity contribution in [1.29, 1.82) is 0 Å². The lowest BCUT2D eigenvalue weighted by molar-refractivity contribution is -0.139. The quantitative estimate of drug-likeness (QED) is 0.567. The molecule has 2 aromatic rings. The van der Waals surface area contributed by atoms with E-state index in [0.717, 1.165) is 37.6 Å². The summed E-state index contributed by atoms with van der Waals surface area (Å²) in [5.41, 5.74) is 1.87. The van der Waals surface area contributed by atoms with Gasteiger partial charge >= 0.3 is 12.0 Å². The molecule has 2 aliphatic rings. The average Bonchev–Trinajstić information content (AvgIpc) is 3.29. The number of amides is 2. The number of piperazine rings is 1. The van der Waals surface area contributed by atoms with E-state index in [1.165, 1.54) is 0 Å². The van der Waals surface area contributed by atoms with Crippen LogP contribution in [0.2, 0.25) is 0 Å². The maximum Gasteiger partial charge on any atom is 0.338 e. The number of benzene rings is 1. The Morgan fingerprint density at radius 3 is 2.44 bits per heavy atom. The molecule has 0 spiro atoms. The van der Waals surface area contributed by atoms with Crippen molar-refractivity contribution in [1.82, 2.24) is 30.6 Å². The summed E-state index contributed by atoms with van der Waals surface area (Å²) in [5.74, 6) is 1.16. The first-order valence-electron chi connectivity index (χ1n) is 11.7. The molecule has 0 aliphatic carbocycles. The van der Waals surface area contributed by atoms with Gasteiger partial charge in [0.05, 0.1) is 24.8 Å². The van der Waals surface area contributed by atoms with Crippen LogP contribution in [0.25, 0.3) is 0 Å². The van der Waals surface area contributed by atoms with Gasteiger partial charge in [-0.3, -0.25) is 9.80 Å². The van der Waals surface area contributed by atoms with Crippen molar-refractivity contribution in [3.05, 3.63) is 58.9 Å². The number of esters is 1. The number of nitrogens with one attached hydrogen (secondary N) is 2. The van der Waals surface area contributed by atoms with Gasteiger partial charge in [-0.15, -0.1) is 0 Å². The Balaban J connectivity index is 1.45. The van der Waals surface area contributed by atoms with E-state index in [2.05, 4.69) is 30.6 Å². The Kier molecular flexibility index (Phi) is 7.59. The first-order chi connectivity index (χ1) is 16.4. The fraction of sp³-hybridized carbons (Fsp3) is 0.500. The molecule has 2 amide bonds. The predicted octanol–water partition coefficient (Wildman–Crippen LogP) is 2.18. The minimum atomic E-state index is -0.557. The molecular weight excluding hydrogens is 436 g/mol. The van der Waals surface area contributed by atoms with Gasteiger partial charge in [-0.05, 0) is 12.5 Å². The Bertz CT molecular complexity index is 1030.